The van der Waals surface area contributed by atoms with Crippen LogP contribution >= 0.6 is 0 Å². The average molecular weight is 1180 g/mol. The smallest absolute Gasteiger partial charge is 0.545 e. The van der Waals surface area contributed by atoms with Gasteiger partial charge in [0.2, 0.25) is 0 Å². The molecule has 0 aliphatic heterocycles. The molecule has 13 nitrogen and oxygen atoms in total. The highest BCUT2D eigenvalue weighted by molar-refractivity contribution is 6.03. The minimum Gasteiger partial charge on any atom is -0.545 e. The van der Waals surface area contributed by atoms with Crippen molar-refractivity contribution >= 4 is 35.8 Å². The molecule has 0 saturated carbocycles. The Morgan fingerprint density at radius 2 is 0.388 bits per heavy atom. The zero-order valence-corrected chi connectivity index (χ0v) is 53.1. The monoisotopic (exact) mass is 1180 g/mol. The quantitative estimate of drug-likeness (QED) is 0.0292. The maximum Gasteiger partial charge on any atom is 3.00 e. The standard InChI is InChI=1S/3C24H38O4.N/c3*1-2-3-4-5-6-7-8-9-10-11-12-13-14-17-20-28-24(27)22-19-16-15-18-21(22)23(25)26;/h3*15-16,18-19H,2-14,17,20H2,1H3,(H,25,26);/q;;;+3/p-3. The van der Waals surface area contributed by atoms with Gasteiger partial charge < -0.3 is 43.9 Å². The van der Waals surface area contributed by atoms with Crippen LogP contribution in [0.1, 0.15) is 353 Å². The molecular weight excluding hydrogens is 1070 g/mol. The molecule has 3 aromatic carbocycles. The number of hydrogen-bond acceptors (Lipinski definition) is 12. The van der Waals surface area contributed by atoms with E-state index in [9.17, 15) is 44.1 Å². The van der Waals surface area contributed by atoms with Gasteiger partial charge in [-0.05, 0) is 37.5 Å². The number of rotatable bonds is 51. The average Bonchev–Trinajstić information content (AvgIpc) is 3.71. The third-order valence-corrected chi connectivity index (χ3v) is 15.3. The normalized spacial score (nSPS) is 10.6. The molecular formula is C72H111NO12. The van der Waals surface area contributed by atoms with Gasteiger partial charge in [0.05, 0.1) is 54.4 Å². The maximum atomic E-state index is 12.0. The van der Waals surface area contributed by atoms with Gasteiger partial charge in [-0.2, -0.15) is 0 Å². The predicted molar refractivity (Wildman–Crippen MR) is 336 cm³/mol. The van der Waals surface area contributed by atoms with E-state index in [0.717, 1.165) is 57.8 Å². The molecule has 476 valence electrons. The minimum absolute atomic E-state index is 0. The van der Waals surface area contributed by atoms with Crippen molar-refractivity contribution in [3.05, 3.63) is 106 Å². The largest absolute Gasteiger partial charge is 3.00 e. The Balaban J connectivity index is 0.00000124. The first-order chi connectivity index (χ1) is 41.0. The fourth-order valence-corrected chi connectivity index (χ4v) is 10.1. The van der Waals surface area contributed by atoms with Crippen molar-refractivity contribution in [1.82, 2.24) is 6.15 Å². The Bertz CT molecular complexity index is 1900. The molecule has 0 N–H and O–H groups in total. The lowest BCUT2D eigenvalue weighted by Crippen LogP contribution is -2.25. The zero-order chi connectivity index (χ0) is 61.4. The number of carbonyl (C=O) groups is 6. The van der Waals surface area contributed by atoms with Crippen molar-refractivity contribution < 1.29 is 58.3 Å². The van der Waals surface area contributed by atoms with Gasteiger partial charge in [0.25, 0.3) is 0 Å². The molecule has 0 heterocycles. The number of benzene rings is 3. The molecule has 13 heteroatoms. The summed E-state index contributed by atoms with van der Waals surface area (Å²) in [5, 5.41) is 33.1. The van der Waals surface area contributed by atoms with Crippen molar-refractivity contribution in [2.45, 2.75) is 290 Å². The summed E-state index contributed by atoms with van der Waals surface area (Å²) in [7, 11) is 0. The van der Waals surface area contributed by atoms with Crippen LogP contribution in [0.3, 0.4) is 0 Å². The second-order valence-corrected chi connectivity index (χ2v) is 22.7. The van der Waals surface area contributed by atoms with E-state index in [0.29, 0.717) is 19.8 Å². The highest BCUT2D eigenvalue weighted by atomic mass is 16.5. The molecule has 0 bridgehead atoms. The molecule has 0 aliphatic carbocycles. The van der Waals surface area contributed by atoms with Crippen LogP contribution in [-0.2, 0) is 14.2 Å². The van der Waals surface area contributed by atoms with Crippen molar-refractivity contribution in [2.24, 2.45) is 0 Å². The van der Waals surface area contributed by atoms with Crippen LogP contribution in [0.5, 0.6) is 0 Å². The highest BCUT2D eigenvalue weighted by Crippen LogP contribution is 2.18. The fourth-order valence-electron chi connectivity index (χ4n) is 10.1. The molecule has 0 spiro atoms. The molecule has 0 unspecified atom stereocenters. The summed E-state index contributed by atoms with van der Waals surface area (Å²) in [6.07, 6.45) is 53.6. The van der Waals surface area contributed by atoms with Gasteiger partial charge in [-0.3, -0.25) is 0 Å². The summed E-state index contributed by atoms with van der Waals surface area (Å²) in [5.41, 5.74) is -0.163. The van der Waals surface area contributed by atoms with Crippen molar-refractivity contribution in [2.75, 3.05) is 19.8 Å². The predicted octanol–water partition coefficient (Wildman–Crippen LogP) is 16.6. The second kappa shape index (κ2) is 57.3. The van der Waals surface area contributed by atoms with Crippen LogP contribution in [0.15, 0.2) is 72.8 Å². The molecule has 0 atom stereocenters. The van der Waals surface area contributed by atoms with E-state index >= 15 is 0 Å². The summed E-state index contributed by atoms with van der Waals surface area (Å²) in [6, 6.07) is 18.0. The van der Waals surface area contributed by atoms with Gasteiger partial charge in [0.15, 0.2) is 0 Å². The van der Waals surface area contributed by atoms with Gasteiger partial charge in [-0.25, -0.2) is 14.4 Å². The number of nitrogens with zero attached hydrogens (tertiary/aromatic N) is 1. The van der Waals surface area contributed by atoms with E-state index in [1.165, 1.54) is 248 Å². The number of carboxylic acid groups (broad SMARTS) is 3. The SMILES string of the molecule is CCCCCCCCCCCCCCCCOC(=O)c1ccccc1C(=O)[O-].CCCCCCCCCCCCCCCCOC(=O)c1ccccc1C(=O)[O-].CCCCCCCCCCCCCCCCOC(=O)c1ccccc1C(=O)[O-].[N+3]. The van der Waals surface area contributed by atoms with Gasteiger partial charge in [0, 0.05) is 16.7 Å². The van der Waals surface area contributed by atoms with Crippen LogP contribution in [0, 0.1) is 0 Å². The van der Waals surface area contributed by atoms with Gasteiger partial charge in [0.1, 0.15) is 0 Å². The molecule has 2 radical (unpaired) electrons. The van der Waals surface area contributed by atoms with E-state index in [-0.39, 0.29) is 39.5 Å². The molecule has 0 aromatic heterocycles. The molecule has 3 aromatic rings. The Kier molecular flexibility index (Phi) is 53.4. The molecule has 0 saturated heterocycles. The number of carboxylic acids is 3. The lowest BCUT2D eigenvalue weighted by Gasteiger charge is -2.10. The topological polar surface area (TPSA) is 230 Å². The van der Waals surface area contributed by atoms with Crippen LogP contribution in [-0.4, -0.2) is 55.6 Å². The second-order valence-electron chi connectivity index (χ2n) is 22.7. The summed E-state index contributed by atoms with van der Waals surface area (Å²) < 4.78 is 15.6. The van der Waals surface area contributed by atoms with Crippen LogP contribution in [0.2, 0.25) is 0 Å². The van der Waals surface area contributed by atoms with Gasteiger partial charge in [-0.1, -0.05) is 326 Å². The maximum absolute atomic E-state index is 12.0. The Morgan fingerprint density at radius 1 is 0.247 bits per heavy atom. The number of esters is 3. The Morgan fingerprint density at radius 3 is 0.541 bits per heavy atom. The molecule has 0 amide bonds. The third kappa shape index (κ3) is 43.5. The fraction of sp³-hybridized carbons (Fsp3) is 0.667. The van der Waals surface area contributed by atoms with E-state index in [4.69, 9.17) is 14.2 Å². The Hall–Kier alpha value is -5.81. The van der Waals surface area contributed by atoms with Crippen molar-refractivity contribution in [3.63, 3.8) is 0 Å². The van der Waals surface area contributed by atoms with E-state index in [1.807, 2.05) is 0 Å². The van der Waals surface area contributed by atoms with Crippen LogP contribution in [0.25, 0.3) is 0 Å². The van der Waals surface area contributed by atoms with Gasteiger partial charge in [-0.15, -0.1) is 0 Å². The number of ether oxygens (including phenoxy) is 3. The number of unbranched alkanes of at least 4 members (excludes halogenated alkanes) is 39. The summed E-state index contributed by atoms with van der Waals surface area (Å²) in [6.45, 7) is 7.76. The third-order valence-electron chi connectivity index (χ3n) is 15.3. The number of hydrogen-bond donors (Lipinski definition) is 0. The Labute approximate surface area is 514 Å². The van der Waals surface area contributed by atoms with Crippen LogP contribution < -0.4 is 21.5 Å². The molecule has 3 rings (SSSR count). The first kappa shape index (κ1) is 79.2. The summed E-state index contributed by atoms with van der Waals surface area (Å²) in [4.78, 5) is 69.0. The number of aromatic carboxylic acids is 3. The summed E-state index contributed by atoms with van der Waals surface area (Å²) in [5.74, 6) is -5.84. The van der Waals surface area contributed by atoms with E-state index in [2.05, 4.69) is 20.8 Å². The molecule has 0 aliphatic rings. The van der Waals surface area contributed by atoms with Crippen molar-refractivity contribution in [1.29, 1.82) is 0 Å². The highest BCUT2D eigenvalue weighted by Gasteiger charge is 3.00. The summed E-state index contributed by atoms with van der Waals surface area (Å²) >= 11 is 0. The molecule has 85 heavy (non-hydrogen) atoms. The number of carbonyl (C=O) groups excluding carboxylic acids is 6. The zero-order valence-electron chi connectivity index (χ0n) is 53.1. The lowest BCUT2D eigenvalue weighted by atomic mass is 10.0. The van der Waals surface area contributed by atoms with Crippen molar-refractivity contribution in [3.8, 4) is 0 Å². The minimum atomic E-state index is -1.36. The lowest BCUT2D eigenvalue weighted by molar-refractivity contribution is -0.256. The molecule has 0 fully saturated rings. The first-order valence-electron chi connectivity index (χ1n) is 33.4. The van der Waals surface area contributed by atoms with E-state index < -0.39 is 35.8 Å². The van der Waals surface area contributed by atoms with Gasteiger partial charge >= 0.3 is 24.1 Å². The van der Waals surface area contributed by atoms with Crippen LogP contribution in [0.4, 0.5) is 0 Å². The van der Waals surface area contributed by atoms with E-state index in [1.54, 1.807) is 36.4 Å². The first-order valence-corrected chi connectivity index (χ1v) is 33.4.